The van der Waals surface area contributed by atoms with Crippen molar-refractivity contribution in [2.45, 2.75) is 98.1 Å². The summed E-state index contributed by atoms with van der Waals surface area (Å²) in [6, 6.07) is 9.84. The first-order chi connectivity index (χ1) is 17.0. The molecule has 1 aliphatic carbocycles. The minimum absolute atomic E-state index is 0.120. The third-order valence-electron chi connectivity index (χ3n) is 6.92. The Hall–Kier alpha value is -2.47. The van der Waals surface area contributed by atoms with Gasteiger partial charge in [-0.25, -0.2) is 14.8 Å². The Morgan fingerprint density at radius 1 is 1.06 bits per heavy atom. The van der Waals surface area contributed by atoms with Gasteiger partial charge in [-0.2, -0.15) is 0 Å². The molecule has 1 aromatic heterocycles. The first-order valence-electron chi connectivity index (χ1n) is 13.6. The SMILES string of the molecule is CC.CC.CCOC(=O)c1cnc(NC2(c3ccc(C4CCN(C(C)C)CC4)cc3)CCC2)nc1. The average Bonchev–Trinajstić information content (AvgIpc) is 2.89. The van der Waals surface area contributed by atoms with E-state index in [9.17, 15) is 4.79 Å². The molecule has 0 unspecified atom stereocenters. The third kappa shape index (κ3) is 7.26. The number of anilines is 1. The summed E-state index contributed by atoms with van der Waals surface area (Å²) >= 11 is 0. The highest BCUT2D eigenvalue weighted by Crippen LogP contribution is 2.44. The molecule has 6 heteroatoms. The highest BCUT2D eigenvalue weighted by molar-refractivity contribution is 5.88. The zero-order chi connectivity index (χ0) is 25.8. The Kier molecular flexibility index (Phi) is 11.7. The predicted molar refractivity (Wildman–Crippen MR) is 145 cm³/mol. The Morgan fingerprint density at radius 3 is 2.09 bits per heavy atom. The van der Waals surface area contributed by atoms with Gasteiger partial charge in [0, 0.05) is 18.4 Å². The van der Waals surface area contributed by atoms with Gasteiger partial charge in [-0.05, 0) is 83.0 Å². The molecule has 4 rings (SSSR count). The molecule has 1 N–H and O–H groups in total. The number of carbonyl (C=O) groups excluding carboxylic acids is 1. The molecule has 0 radical (unpaired) electrons. The molecule has 2 fully saturated rings. The van der Waals surface area contributed by atoms with E-state index in [-0.39, 0.29) is 11.5 Å². The van der Waals surface area contributed by atoms with Gasteiger partial charge in [0.1, 0.15) is 0 Å². The summed E-state index contributed by atoms with van der Waals surface area (Å²) in [5, 5.41) is 3.54. The molecule has 2 heterocycles. The molecule has 35 heavy (non-hydrogen) atoms. The lowest BCUT2D eigenvalue weighted by Crippen LogP contribution is -2.42. The number of hydrogen-bond acceptors (Lipinski definition) is 6. The molecule has 1 aromatic carbocycles. The first-order valence-corrected chi connectivity index (χ1v) is 13.6. The zero-order valence-electron chi connectivity index (χ0n) is 22.9. The van der Waals surface area contributed by atoms with Crippen molar-refractivity contribution in [1.82, 2.24) is 14.9 Å². The normalized spacial score (nSPS) is 17.3. The van der Waals surface area contributed by atoms with Crippen molar-refractivity contribution in [3.8, 4) is 0 Å². The van der Waals surface area contributed by atoms with Crippen molar-refractivity contribution >= 4 is 11.9 Å². The van der Waals surface area contributed by atoms with Crippen LogP contribution in [0.4, 0.5) is 5.95 Å². The van der Waals surface area contributed by atoms with Gasteiger partial charge in [0.2, 0.25) is 5.95 Å². The van der Waals surface area contributed by atoms with Crippen LogP contribution < -0.4 is 5.32 Å². The van der Waals surface area contributed by atoms with E-state index in [1.165, 1.54) is 55.9 Å². The molecule has 194 valence electrons. The number of likely N-dealkylation sites (tertiary alicyclic amines) is 1. The number of benzene rings is 1. The number of carbonyl (C=O) groups is 1. The van der Waals surface area contributed by atoms with Crippen molar-refractivity contribution in [1.29, 1.82) is 0 Å². The summed E-state index contributed by atoms with van der Waals surface area (Å²) in [5.41, 5.74) is 3.00. The summed E-state index contributed by atoms with van der Waals surface area (Å²) in [7, 11) is 0. The van der Waals surface area contributed by atoms with Crippen LogP contribution in [0.2, 0.25) is 0 Å². The Bertz CT molecular complexity index is 869. The van der Waals surface area contributed by atoms with Crippen LogP contribution in [0.25, 0.3) is 0 Å². The number of esters is 1. The van der Waals surface area contributed by atoms with Crippen molar-refractivity contribution in [3.63, 3.8) is 0 Å². The number of rotatable bonds is 7. The molecule has 2 aliphatic rings. The van der Waals surface area contributed by atoms with Crippen LogP contribution in [0.1, 0.15) is 108 Å². The molecule has 1 aliphatic heterocycles. The van der Waals surface area contributed by atoms with Crippen LogP contribution >= 0.6 is 0 Å². The monoisotopic (exact) mass is 482 g/mol. The fraction of sp³-hybridized carbons (Fsp3) is 0.621. The van der Waals surface area contributed by atoms with Crippen molar-refractivity contribution in [2.75, 3.05) is 25.0 Å². The van der Waals surface area contributed by atoms with Gasteiger partial charge >= 0.3 is 5.97 Å². The lowest BCUT2D eigenvalue weighted by atomic mass is 9.71. The van der Waals surface area contributed by atoms with E-state index in [0.717, 1.165) is 12.8 Å². The quantitative estimate of drug-likeness (QED) is 0.439. The van der Waals surface area contributed by atoms with Gasteiger partial charge in [0.05, 0.1) is 17.7 Å². The fourth-order valence-corrected chi connectivity index (χ4v) is 4.77. The summed E-state index contributed by atoms with van der Waals surface area (Å²) in [6.45, 7) is 17.1. The lowest BCUT2D eigenvalue weighted by Gasteiger charge is -2.43. The molecule has 6 nitrogen and oxygen atoms in total. The van der Waals surface area contributed by atoms with Gasteiger partial charge < -0.3 is 15.0 Å². The second kappa shape index (κ2) is 14.2. The van der Waals surface area contributed by atoms with Gasteiger partial charge in [0.25, 0.3) is 0 Å². The number of aromatic nitrogens is 2. The van der Waals surface area contributed by atoms with Crippen LogP contribution in [0.15, 0.2) is 36.7 Å². The number of nitrogens with one attached hydrogen (secondary N) is 1. The van der Waals surface area contributed by atoms with Crippen LogP contribution in [-0.2, 0) is 10.3 Å². The number of piperidine rings is 1. The Balaban J connectivity index is 0.00000103. The first kappa shape index (κ1) is 28.8. The summed E-state index contributed by atoms with van der Waals surface area (Å²) < 4.78 is 5.01. The van der Waals surface area contributed by atoms with Crippen LogP contribution in [0, 0.1) is 0 Å². The van der Waals surface area contributed by atoms with Crippen molar-refractivity contribution in [2.24, 2.45) is 0 Å². The molecule has 2 aromatic rings. The van der Waals surface area contributed by atoms with Crippen LogP contribution in [0.5, 0.6) is 0 Å². The molecular formula is C29H46N4O2. The maximum atomic E-state index is 11.8. The predicted octanol–water partition coefficient (Wildman–Crippen LogP) is 6.78. The van der Waals surface area contributed by atoms with E-state index in [4.69, 9.17) is 4.74 Å². The third-order valence-corrected chi connectivity index (χ3v) is 6.92. The smallest absolute Gasteiger partial charge is 0.341 e. The van der Waals surface area contributed by atoms with Crippen molar-refractivity contribution in [3.05, 3.63) is 53.3 Å². The van der Waals surface area contributed by atoms with E-state index in [2.05, 4.69) is 58.3 Å². The number of nitrogens with zero attached hydrogens (tertiary/aromatic N) is 3. The highest BCUT2D eigenvalue weighted by atomic mass is 16.5. The second-order valence-corrected chi connectivity index (χ2v) is 9.10. The molecule has 1 saturated carbocycles. The second-order valence-electron chi connectivity index (χ2n) is 9.10. The molecule has 0 bridgehead atoms. The topological polar surface area (TPSA) is 67.3 Å². The molecule has 0 amide bonds. The van der Waals surface area contributed by atoms with E-state index < -0.39 is 0 Å². The van der Waals surface area contributed by atoms with Gasteiger partial charge in [-0.1, -0.05) is 52.0 Å². The maximum absolute atomic E-state index is 11.8. The molecular weight excluding hydrogens is 436 g/mol. The summed E-state index contributed by atoms with van der Waals surface area (Å²) in [4.78, 5) is 23.1. The van der Waals surface area contributed by atoms with E-state index in [1.54, 1.807) is 6.92 Å². The van der Waals surface area contributed by atoms with Gasteiger partial charge in [-0.3, -0.25) is 0 Å². The average molecular weight is 483 g/mol. The zero-order valence-corrected chi connectivity index (χ0v) is 22.9. The molecule has 1 saturated heterocycles. The minimum atomic E-state index is -0.387. The molecule has 0 spiro atoms. The Morgan fingerprint density at radius 2 is 1.63 bits per heavy atom. The van der Waals surface area contributed by atoms with Crippen LogP contribution in [0.3, 0.4) is 0 Å². The molecule has 0 atom stereocenters. The van der Waals surface area contributed by atoms with Crippen molar-refractivity contribution < 1.29 is 9.53 Å². The standard InChI is InChI=1S/C25H34N4O2.2C2H6/c1-4-31-23(30)21-16-26-24(27-17-21)28-25(12-5-13-25)22-8-6-19(7-9-22)20-10-14-29(15-11-20)18(2)3;2*1-2/h6-9,16-18,20H,4-5,10-15H2,1-3H3,(H,26,27,28);2*1-2H3. The van der Waals surface area contributed by atoms with Gasteiger partial charge in [0.15, 0.2) is 0 Å². The maximum Gasteiger partial charge on any atom is 0.341 e. The number of ether oxygens (including phenoxy) is 1. The lowest BCUT2D eigenvalue weighted by molar-refractivity contribution is 0.0525. The Labute approximate surface area is 212 Å². The highest BCUT2D eigenvalue weighted by Gasteiger charge is 2.39. The summed E-state index contributed by atoms with van der Waals surface area (Å²) in [5.74, 6) is 0.827. The summed E-state index contributed by atoms with van der Waals surface area (Å²) in [6.07, 6.45) is 8.84. The largest absolute Gasteiger partial charge is 0.462 e. The van der Waals surface area contributed by atoms with E-state index in [0.29, 0.717) is 30.1 Å². The van der Waals surface area contributed by atoms with Crippen LogP contribution in [-0.4, -0.2) is 46.6 Å². The fourth-order valence-electron chi connectivity index (χ4n) is 4.77. The number of hydrogen-bond donors (Lipinski definition) is 1. The van der Waals surface area contributed by atoms with E-state index in [1.807, 2.05) is 27.7 Å². The van der Waals surface area contributed by atoms with Gasteiger partial charge in [-0.15, -0.1) is 0 Å². The van der Waals surface area contributed by atoms with E-state index >= 15 is 0 Å². The minimum Gasteiger partial charge on any atom is -0.462 e.